The van der Waals surface area contributed by atoms with Gasteiger partial charge < -0.3 is 4.90 Å². The maximum atomic E-state index is 12.2. The van der Waals surface area contributed by atoms with Gasteiger partial charge in [0.2, 0.25) is 15.9 Å². The smallest absolute Gasteiger partial charge is 0.241 e. The topological polar surface area (TPSA) is 90.3 Å². The lowest BCUT2D eigenvalue weighted by molar-refractivity contribution is -0.131. The van der Waals surface area contributed by atoms with E-state index in [-0.39, 0.29) is 16.4 Å². The molecule has 0 saturated carbocycles. The van der Waals surface area contributed by atoms with Gasteiger partial charge in [-0.05, 0) is 38.0 Å². The minimum atomic E-state index is -3.82. The van der Waals surface area contributed by atoms with E-state index in [9.17, 15) is 13.2 Å². The predicted octanol–water partition coefficient (Wildman–Crippen LogP) is 0.847. The second kappa shape index (κ2) is 6.24. The Morgan fingerprint density at radius 3 is 2.67 bits per heavy atom. The average molecular weight is 307 g/mol. The van der Waals surface area contributed by atoms with Gasteiger partial charge in [-0.1, -0.05) is 6.07 Å². The first-order valence-corrected chi connectivity index (χ1v) is 8.23. The van der Waals surface area contributed by atoms with Crippen LogP contribution in [0, 0.1) is 11.3 Å². The number of nitrogens with zero attached hydrogens (tertiary/aromatic N) is 2. The van der Waals surface area contributed by atoms with Gasteiger partial charge in [0.05, 0.1) is 22.6 Å². The number of hydrogen-bond acceptors (Lipinski definition) is 4. The van der Waals surface area contributed by atoms with Crippen molar-refractivity contribution in [2.75, 3.05) is 13.1 Å². The van der Waals surface area contributed by atoms with E-state index < -0.39 is 16.1 Å². The first-order chi connectivity index (χ1) is 9.94. The molecule has 1 aromatic rings. The lowest BCUT2D eigenvalue weighted by atomic mass is 10.2. The number of likely N-dealkylation sites (tertiary alicyclic amines) is 1. The molecule has 1 atom stereocenters. The van der Waals surface area contributed by atoms with Crippen LogP contribution < -0.4 is 4.72 Å². The van der Waals surface area contributed by atoms with Gasteiger partial charge in [-0.2, -0.15) is 9.98 Å². The third-order valence-corrected chi connectivity index (χ3v) is 4.93. The second-order valence-electron chi connectivity index (χ2n) is 5.02. The number of rotatable bonds is 4. The summed E-state index contributed by atoms with van der Waals surface area (Å²) in [6.45, 7) is 2.88. The molecule has 1 aliphatic rings. The Kier molecular flexibility index (Phi) is 4.60. The van der Waals surface area contributed by atoms with Gasteiger partial charge in [-0.25, -0.2) is 8.42 Å². The summed E-state index contributed by atoms with van der Waals surface area (Å²) >= 11 is 0. The minimum Gasteiger partial charge on any atom is -0.341 e. The molecule has 0 bridgehead atoms. The molecule has 1 aromatic carbocycles. The highest BCUT2D eigenvalue weighted by molar-refractivity contribution is 7.89. The Morgan fingerprint density at radius 2 is 2.05 bits per heavy atom. The fourth-order valence-corrected chi connectivity index (χ4v) is 3.54. The molecule has 1 saturated heterocycles. The Labute approximate surface area is 124 Å². The number of hydrogen-bond donors (Lipinski definition) is 1. The molecule has 1 heterocycles. The molecule has 7 heteroatoms. The van der Waals surface area contributed by atoms with Crippen molar-refractivity contribution in [3.8, 4) is 6.07 Å². The van der Waals surface area contributed by atoms with Gasteiger partial charge in [0, 0.05) is 13.1 Å². The van der Waals surface area contributed by atoms with E-state index in [1.165, 1.54) is 31.2 Å². The maximum Gasteiger partial charge on any atom is 0.241 e. The summed E-state index contributed by atoms with van der Waals surface area (Å²) in [6.07, 6.45) is 1.91. The fourth-order valence-electron chi connectivity index (χ4n) is 2.30. The Hall–Kier alpha value is -1.91. The number of nitrogens with one attached hydrogen (secondary N) is 1. The zero-order valence-electron chi connectivity index (χ0n) is 11.7. The highest BCUT2D eigenvalue weighted by atomic mass is 32.2. The van der Waals surface area contributed by atoms with E-state index >= 15 is 0 Å². The molecule has 0 aliphatic carbocycles. The summed E-state index contributed by atoms with van der Waals surface area (Å²) < 4.78 is 26.8. The van der Waals surface area contributed by atoms with Gasteiger partial charge in [0.1, 0.15) is 0 Å². The minimum absolute atomic E-state index is 0.0115. The molecule has 1 amide bonds. The van der Waals surface area contributed by atoms with Crippen molar-refractivity contribution in [2.24, 2.45) is 0 Å². The molecule has 2 rings (SSSR count). The van der Waals surface area contributed by atoms with Crippen LogP contribution in [0.2, 0.25) is 0 Å². The lowest BCUT2D eigenvalue weighted by Gasteiger charge is -2.21. The summed E-state index contributed by atoms with van der Waals surface area (Å²) in [4.78, 5) is 13.8. The fraction of sp³-hybridized carbons (Fsp3) is 0.429. The first kappa shape index (κ1) is 15.5. The largest absolute Gasteiger partial charge is 0.341 e. The molecular formula is C14H17N3O3S. The Bertz CT molecular complexity index is 673. The van der Waals surface area contributed by atoms with Crippen molar-refractivity contribution in [1.82, 2.24) is 9.62 Å². The molecular weight excluding hydrogens is 290 g/mol. The second-order valence-corrected chi connectivity index (χ2v) is 6.73. The van der Waals surface area contributed by atoms with E-state index in [1.807, 2.05) is 6.07 Å². The van der Waals surface area contributed by atoms with Crippen LogP contribution in [0.4, 0.5) is 0 Å². The molecule has 0 aromatic heterocycles. The summed E-state index contributed by atoms with van der Waals surface area (Å²) in [5.41, 5.74) is 0.261. The van der Waals surface area contributed by atoms with Crippen molar-refractivity contribution in [3.05, 3.63) is 29.8 Å². The van der Waals surface area contributed by atoms with E-state index in [2.05, 4.69) is 4.72 Å². The van der Waals surface area contributed by atoms with E-state index in [0.717, 1.165) is 12.8 Å². The van der Waals surface area contributed by atoms with Crippen molar-refractivity contribution in [1.29, 1.82) is 5.26 Å². The van der Waals surface area contributed by atoms with Crippen LogP contribution in [0.15, 0.2) is 29.2 Å². The molecule has 0 spiro atoms. The van der Waals surface area contributed by atoms with Crippen molar-refractivity contribution >= 4 is 15.9 Å². The molecule has 21 heavy (non-hydrogen) atoms. The van der Waals surface area contributed by atoms with Crippen LogP contribution >= 0.6 is 0 Å². The van der Waals surface area contributed by atoms with Crippen LogP contribution in [-0.2, 0) is 14.8 Å². The average Bonchev–Trinajstić information content (AvgIpc) is 3.00. The summed E-state index contributed by atoms with van der Waals surface area (Å²) in [6, 6.07) is 6.78. The van der Waals surface area contributed by atoms with Crippen molar-refractivity contribution in [2.45, 2.75) is 30.7 Å². The highest BCUT2D eigenvalue weighted by Crippen LogP contribution is 2.13. The molecule has 1 fully saturated rings. The number of nitriles is 1. The third kappa shape index (κ3) is 3.60. The van der Waals surface area contributed by atoms with E-state index in [4.69, 9.17) is 5.26 Å². The molecule has 6 nitrogen and oxygen atoms in total. The van der Waals surface area contributed by atoms with Crippen LogP contribution in [0.3, 0.4) is 0 Å². The molecule has 0 radical (unpaired) electrons. The summed E-state index contributed by atoms with van der Waals surface area (Å²) in [7, 11) is -3.82. The number of carbonyl (C=O) groups excluding carboxylic acids is 1. The van der Waals surface area contributed by atoms with Crippen LogP contribution in [0.1, 0.15) is 25.3 Å². The number of benzene rings is 1. The van der Waals surface area contributed by atoms with Crippen molar-refractivity contribution < 1.29 is 13.2 Å². The normalized spacial score (nSPS) is 16.5. The van der Waals surface area contributed by atoms with Gasteiger partial charge >= 0.3 is 0 Å². The lowest BCUT2D eigenvalue weighted by Crippen LogP contribution is -2.45. The number of sulfonamides is 1. The van der Waals surface area contributed by atoms with E-state index in [1.54, 1.807) is 4.90 Å². The van der Waals surface area contributed by atoms with Gasteiger partial charge in [0.15, 0.2) is 0 Å². The quantitative estimate of drug-likeness (QED) is 0.892. The third-order valence-electron chi connectivity index (χ3n) is 3.39. The van der Waals surface area contributed by atoms with E-state index in [0.29, 0.717) is 13.1 Å². The molecule has 1 N–H and O–H groups in total. The van der Waals surface area contributed by atoms with Gasteiger partial charge in [-0.15, -0.1) is 0 Å². The first-order valence-electron chi connectivity index (χ1n) is 6.75. The maximum absolute atomic E-state index is 12.2. The zero-order valence-corrected chi connectivity index (χ0v) is 12.6. The Balaban J connectivity index is 2.13. The molecule has 0 unspecified atom stereocenters. The molecule has 112 valence electrons. The standard InChI is InChI=1S/C14H17N3O3S/c1-11(14(18)17-7-2-3-8-17)16-21(19,20)13-6-4-5-12(9-13)10-15/h4-6,9,11,16H,2-3,7-8H2,1H3/t11-/m1/s1. The van der Waals surface area contributed by atoms with Crippen LogP contribution in [0.5, 0.6) is 0 Å². The van der Waals surface area contributed by atoms with Crippen molar-refractivity contribution in [3.63, 3.8) is 0 Å². The Morgan fingerprint density at radius 1 is 1.38 bits per heavy atom. The summed E-state index contributed by atoms with van der Waals surface area (Å²) in [5.74, 6) is -0.215. The highest BCUT2D eigenvalue weighted by Gasteiger charge is 2.27. The van der Waals surface area contributed by atoms with Gasteiger partial charge in [-0.3, -0.25) is 4.79 Å². The summed E-state index contributed by atoms with van der Waals surface area (Å²) in [5, 5.41) is 8.82. The monoisotopic (exact) mass is 307 g/mol. The SMILES string of the molecule is C[C@@H](NS(=O)(=O)c1cccc(C#N)c1)C(=O)N1CCCC1. The predicted molar refractivity (Wildman–Crippen MR) is 76.8 cm³/mol. The molecule has 1 aliphatic heterocycles. The zero-order chi connectivity index (χ0) is 15.5. The number of carbonyl (C=O) groups is 1. The van der Waals surface area contributed by atoms with Crippen LogP contribution in [0.25, 0.3) is 0 Å². The number of amides is 1. The van der Waals surface area contributed by atoms with Crippen LogP contribution in [-0.4, -0.2) is 38.4 Å². The van der Waals surface area contributed by atoms with Gasteiger partial charge in [0.25, 0.3) is 0 Å².